The van der Waals surface area contributed by atoms with Gasteiger partial charge in [0.2, 0.25) is 0 Å². The number of nitrogens with zero attached hydrogens (tertiary/aromatic N) is 7. The van der Waals surface area contributed by atoms with Crippen LogP contribution in [0.1, 0.15) is 16.1 Å². The molecule has 5 rings (SSSR count). The van der Waals surface area contributed by atoms with Crippen LogP contribution in [-0.4, -0.2) is 65.8 Å². The van der Waals surface area contributed by atoms with Crippen LogP contribution in [0.25, 0.3) is 11.5 Å². The maximum Gasteiger partial charge on any atom is 0.255 e. The standard InChI is InChI=1S/C21H20ClN7O/c22-17-2-4-20-25-18(14-29(20)12-17)13-26-7-9-27(10-8-26)21(30)16-1-3-19(24-11-16)28-6-5-23-15-28/h1-6,11-12,14-15H,7-10,13H2. The van der Waals surface area contributed by atoms with Gasteiger partial charge in [-0.05, 0) is 24.3 Å². The quantitative estimate of drug-likeness (QED) is 0.506. The lowest BCUT2D eigenvalue weighted by molar-refractivity contribution is 0.0627. The Morgan fingerprint density at radius 3 is 2.67 bits per heavy atom. The van der Waals surface area contributed by atoms with Gasteiger partial charge in [-0.3, -0.25) is 14.3 Å². The molecule has 0 bridgehead atoms. The van der Waals surface area contributed by atoms with E-state index in [0.29, 0.717) is 23.7 Å². The first-order chi connectivity index (χ1) is 14.7. The van der Waals surface area contributed by atoms with E-state index in [1.807, 2.05) is 52.2 Å². The minimum Gasteiger partial charge on any atom is -0.336 e. The minimum absolute atomic E-state index is 0.0155. The molecule has 1 saturated heterocycles. The van der Waals surface area contributed by atoms with Crippen molar-refractivity contribution in [1.29, 1.82) is 0 Å². The van der Waals surface area contributed by atoms with E-state index < -0.39 is 0 Å². The minimum atomic E-state index is 0.0155. The average molecular weight is 422 g/mol. The van der Waals surface area contributed by atoms with E-state index in [9.17, 15) is 4.79 Å². The summed E-state index contributed by atoms with van der Waals surface area (Å²) in [4.78, 5) is 30.1. The molecule has 4 aromatic rings. The summed E-state index contributed by atoms with van der Waals surface area (Å²) in [5.74, 6) is 0.754. The first kappa shape index (κ1) is 18.8. The maximum absolute atomic E-state index is 12.8. The summed E-state index contributed by atoms with van der Waals surface area (Å²) < 4.78 is 3.75. The van der Waals surface area contributed by atoms with Crippen molar-refractivity contribution >= 4 is 23.2 Å². The lowest BCUT2D eigenvalue weighted by Crippen LogP contribution is -2.48. The number of carbonyl (C=O) groups excluding carboxylic acids is 1. The Labute approximate surface area is 178 Å². The lowest BCUT2D eigenvalue weighted by atomic mass is 10.2. The summed E-state index contributed by atoms with van der Waals surface area (Å²) in [6, 6.07) is 7.41. The van der Waals surface area contributed by atoms with Gasteiger partial charge in [0.1, 0.15) is 17.8 Å². The normalized spacial score (nSPS) is 15.0. The van der Waals surface area contributed by atoms with Gasteiger partial charge in [0, 0.05) is 63.7 Å². The largest absolute Gasteiger partial charge is 0.336 e. The highest BCUT2D eigenvalue weighted by atomic mass is 35.5. The van der Waals surface area contributed by atoms with Gasteiger partial charge in [0.25, 0.3) is 5.91 Å². The Kier molecular flexibility index (Phi) is 4.94. The van der Waals surface area contributed by atoms with Crippen LogP contribution in [0.3, 0.4) is 0 Å². The Bertz CT molecular complexity index is 1160. The van der Waals surface area contributed by atoms with Crippen LogP contribution < -0.4 is 0 Å². The number of amides is 1. The number of hydrogen-bond donors (Lipinski definition) is 0. The maximum atomic E-state index is 12.8. The zero-order valence-corrected chi connectivity index (χ0v) is 17.0. The van der Waals surface area contributed by atoms with Crippen molar-refractivity contribution in [2.75, 3.05) is 26.2 Å². The average Bonchev–Trinajstić information content (AvgIpc) is 3.43. The van der Waals surface area contributed by atoms with Gasteiger partial charge in [-0.25, -0.2) is 15.0 Å². The molecule has 0 aliphatic carbocycles. The van der Waals surface area contributed by atoms with Crippen molar-refractivity contribution < 1.29 is 4.79 Å². The molecule has 0 radical (unpaired) electrons. The summed E-state index contributed by atoms with van der Waals surface area (Å²) in [7, 11) is 0. The predicted octanol–water partition coefficient (Wildman–Crippen LogP) is 2.53. The number of aromatic nitrogens is 5. The second kappa shape index (κ2) is 7.89. The highest BCUT2D eigenvalue weighted by Gasteiger charge is 2.23. The van der Waals surface area contributed by atoms with Crippen LogP contribution in [0.15, 0.2) is 61.6 Å². The molecule has 8 nitrogen and oxygen atoms in total. The molecule has 0 spiro atoms. The summed E-state index contributed by atoms with van der Waals surface area (Å²) in [6.45, 7) is 3.73. The molecule has 1 amide bonds. The zero-order chi connectivity index (χ0) is 20.5. The van der Waals surface area contributed by atoms with Crippen molar-refractivity contribution in [3.8, 4) is 5.82 Å². The molecule has 0 N–H and O–H groups in total. The van der Waals surface area contributed by atoms with Crippen LogP contribution in [0.4, 0.5) is 0 Å². The Morgan fingerprint density at radius 1 is 1.07 bits per heavy atom. The molecule has 4 aromatic heterocycles. The molecule has 0 saturated carbocycles. The molecule has 0 aromatic carbocycles. The second-order valence-corrected chi connectivity index (χ2v) is 7.72. The van der Waals surface area contributed by atoms with Gasteiger partial charge in [-0.15, -0.1) is 0 Å². The summed E-state index contributed by atoms with van der Waals surface area (Å²) in [5, 5.41) is 0.686. The third kappa shape index (κ3) is 3.79. The van der Waals surface area contributed by atoms with Crippen LogP contribution >= 0.6 is 11.6 Å². The van der Waals surface area contributed by atoms with Crippen LogP contribution in [0.5, 0.6) is 0 Å². The van der Waals surface area contributed by atoms with Gasteiger partial charge in [0.05, 0.1) is 16.3 Å². The summed E-state index contributed by atoms with van der Waals surface area (Å²) in [5.41, 5.74) is 2.48. The van der Waals surface area contributed by atoms with Crippen molar-refractivity contribution in [3.63, 3.8) is 0 Å². The van der Waals surface area contributed by atoms with Crippen molar-refractivity contribution in [2.24, 2.45) is 0 Å². The topological polar surface area (TPSA) is 71.6 Å². The number of hydrogen-bond acceptors (Lipinski definition) is 5. The van der Waals surface area contributed by atoms with Gasteiger partial charge in [-0.1, -0.05) is 11.6 Å². The molecular weight excluding hydrogens is 402 g/mol. The summed E-state index contributed by atoms with van der Waals surface area (Å²) >= 11 is 6.05. The molecule has 0 atom stereocenters. The molecular formula is C21H20ClN7O. The molecule has 30 heavy (non-hydrogen) atoms. The van der Waals surface area contributed by atoms with Gasteiger partial charge < -0.3 is 9.30 Å². The van der Waals surface area contributed by atoms with E-state index in [1.165, 1.54) is 0 Å². The highest BCUT2D eigenvalue weighted by Crippen LogP contribution is 2.15. The second-order valence-electron chi connectivity index (χ2n) is 7.29. The van der Waals surface area contributed by atoms with Crippen LogP contribution in [0.2, 0.25) is 5.02 Å². The van der Waals surface area contributed by atoms with Crippen LogP contribution in [-0.2, 0) is 6.54 Å². The molecule has 9 heteroatoms. The number of halogens is 1. The van der Waals surface area contributed by atoms with E-state index in [4.69, 9.17) is 11.6 Å². The third-order valence-electron chi connectivity index (χ3n) is 5.27. The SMILES string of the molecule is O=C(c1ccc(-n2ccnc2)nc1)N1CCN(Cc2cn3cc(Cl)ccc3n2)CC1. The van der Waals surface area contributed by atoms with Gasteiger partial charge >= 0.3 is 0 Å². The Morgan fingerprint density at radius 2 is 1.93 bits per heavy atom. The lowest BCUT2D eigenvalue weighted by Gasteiger charge is -2.34. The first-order valence-corrected chi connectivity index (χ1v) is 10.1. The van der Waals surface area contributed by atoms with E-state index in [0.717, 1.165) is 36.8 Å². The molecule has 5 heterocycles. The Balaban J connectivity index is 1.19. The number of pyridine rings is 2. The molecule has 152 valence electrons. The first-order valence-electron chi connectivity index (χ1n) is 9.75. The summed E-state index contributed by atoms with van der Waals surface area (Å²) in [6.07, 6.45) is 10.7. The molecule has 1 aliphatic heterocycles. The predicted molar refractivity (Wildman–Crippen MR) is 113 cm³/mol. The molecule has 1 fully saturated rings. The zero-order valence-electron chi connectivity index (χ0n) is 16.2. The monoisotopic (exact) mass is 421 g/mol. The van der Waals surface area contributed by atoms with E-state index >= 15 is 0 Å². The van der Waals surface area contributed by atoms with Crippen LogP contribution in [0, 0.1) is 0 Å². The van der Waals surface area contributed by atoms with Crippen molar-refractivity contribution in [1.82, 2.24) is 33.7 Å². The third-order valence-corrected chi connectivity index (χ3v) is 5.50. The fraction of sp³-hybridized carbons (Fsp3) is 0.238. The Hall–Kier alpha value is -3.23. The number of rotatable bonds is 4. The molecule has 0 unspecified atom stereocenters. The van der Waals surface area contributed by atoms with Gasteiger partial charge in [-0.2, -0.15) is 0 Å². The highest BCUT2D eigenvalue weighted by molar-refractivity contribution is 6.30. The fourth-order valence-electron chi connectivity index (χ4n) is 3.67. The van der Waals surface area contributed by atoms with E-state index in [-0.39, 0.29) is 5.91 Å². The fourth-order valence-corrected chi connectivity index (χ4v) is 3.84. The molecule has 1 aliphatic rings. The number of carbonyl (C=O) groups is 1. The van der Waals surface area contributed by atoms with E-state index in [2.05, 4.69) is 19.9 Å². The van der Waals surface area contributed by atoms with Crippen molar-refractivity contribution in [2.45, 2.75) is 6.54 Å². The van der Waals surface area contributed by atoms with Crippen molar-refractivity contribution in [3.05, 3.63) is 77.9 Å². The smallest absolute Gasteiger partial charge is 0.255 e. The number of imidazole rings is 2. The number of piperazine rings is 1. The van der Waals surface area contributed by atoms with E-state index in [1.54, 1.807) is 23.3 Å². The van der Waals surface area contributed by atoms with Gasteiger partial charge in [0.15, 0.2) is 0 Å². The number of fused-ring (bicyclic) bond motifs is 1.